The first kappa shape index (κ1) is 15.1. The first-order valence-electron chi connectivity index (χ1n) is 7.08. The molecule has 114 valence electrons. The summed E-state index contributed by atoms with van der Waals surface area (Å²) in [5, 5.41) is 0.586. The Balaban J connectivity index is 2.11. The van der Waals surface area contributed by atoms with Crippen molar-refractivity contribution in [1.29, 1.82) is 0 Å². The molecule has 1 fully saturated rings. The molecule has 1 aromatic heterocycles. The Morgan fingerprint density at radius 1 is 1.38 bits per heavy atom. The number of halogens is 3. The fourth-order valence-corrected chi connectivity index (χ4v) is 4.24. The van der Waals surface area contributed by atoms with E-state index in [0.29, 0.717) is 16.6 Å². The maximum atomic E-state index is 13.9. The number of thioether (sulfide) groups is 1. The number of rotatable bonds is 3. The molecule has 0 radical (unpaired) electrons. The summed E-state index contributed by atoms with van der Waals surface area (Å²) >= 11 is 7.84. The van der Waals surface area contributed by atoms with E-state index in [1.54, 1.807) is 0 Å². The quantitative estimate of drug-likeness (QED) is 0.745. The molecule has 2 unspecified atom stereocenters. The minimum Gasteiger partial charge on any atom is -0.324 e. The van der Waals surface area contributed by atoms with E-state index in [9.17, 15) is 8.78 Å². The van der Waals surface area contributed by atoms with E-state index >= 15 is 0 Å². The lowest BCUT2D eigenvalue weighted by Crippen LogP contribution is -2.22. The van der Waals surface area contributed by atoms with Gasteiger partial charge in [-0.05, 0) is 31.6 Å². The maximum absolute atomic E-state index is 13.9. The van der Waals surface area contributed by atoms with Gasteiger partial charge in [-0.1, -0.05) is 6.42 Å². The number of hydrogen-bond acceptors (Lipinski definition) is 2. The fraction of sp³-hybridized carbons (Fsp3) is 0.533. The highest BCUT2D eigenvalue weighted by Gasteiger charge is 2.27. The third-order valence-electron chi connectivity index (χ3n) is 4.20. The Morgan fingerprint density at radius 3 is 2.90 bits per heavy atom. The highest BCUT2D eigenvalue weighted by molar-refractivity contribution is 7.99. The van der Waals surface area contributed by atoms with Gasteiger partial charge in [-0.2, -0.15) is 11.8 Å². The number of fused-ring (bicyclic) bond motifs is 1. The lowest BCUT2D eigenvalue weighted by atomic mass is 9.94. The van der Waals surface area contributed by atoms with Gasteiger partial charge in [-0.15, -0.1) is 11.6 Å². The van der Waals surface area contributed by atoms with Crippen LogP contribution in [0.1, 0.15) is 37.5 Å². The molecular formula is C15H17ClF2N2S. The van der Waals surface area contributed by atoms with E-state index in [-0.39, 0.29) is 17.4 Å². The second-order valence-electron chi connectivity index (χ2n) is 5.47. The van der Waals surface area contributed by atoms with Crippen molar-refractivity contribution in [2.24, 2.45) is 0 Å². The van der Waals surface area contributed by atoms with Gasteiger partial charge in [-0.3, -0.25) is 0 Å². The van der Waals surface area contributed by atoms with Crippen molar-refractivity contribution in [3.63, 3.8) is 0 Å². The summed E-state index contributed by atoms with van der Waals surface area (Å²) in [5.74, 6) is -0.356. The number of aromatic nitrogens is 2. The Hall–Kier alpha value is -0.810. The largest absolute Gasteiger partial charge is 0.324 e. The molecule has 1 heterocycles. The van der Waals surface area contributed by atoms with Crippen LogP contribution in [0.5, 0.6) is 0 Å². The molecule has 3 rings (SSSR count). The first-order valence-corrected chi connectivity index (χ1v) is 8.91. The molecule has 0 N–H and O–H groups in total. The van der Waals surface area contributed by atoms with Crippen LogP contribution in [-0.4, -0.2) is 21.1 Å². The van der Waals surface area contributed by atoms with Crippen LogP contribution in [0.25, 0.3) is 11.0 Å². The molecule has 0 saturated heterocycles. The van der Waals surface area contributed by atoms with Gasteiger partial charge in [0.25, 0.3) is 0 Å². The predicted octanol–water partition coefficient (Wildman–Crippen LogP) is 4.90. The monoisotopic (exact) mass is 330 g/mol. The van der Waals surface area contributed by atoms with Crippen LogP contribution in [0.4, 0.5) is 8.78 Å². The molecule has 0 amide bonds. The summed E-state index contributed by atoms with van der Waals surface area (Å²) in [7, 11) is 0. The van der Waals surface area contributed by atoms with Crippen molar-refractivity contribution in [2.75, 3.05) is 6.26 Å². The predicted molar refractivity (Wildman–Crippen MR) is 84.0 cm³/mol. The van der Waals surface area contributed by atoms with E-state index in [1.807, 2.05) is 16.3 Å². The normalized spacial score (nSPS) is 22.9. The third kappa shape index (κ3) is 2.78. The SMILES string of the molecule is CSC1CCCC(n2c(CCl)nc3c(F)cc(F)cc32)C1. The van der Waals surface area contributed by atoms with E-state index in [2.05, 4.69) is 11.2 Å². The zero-order chi connectivity index (χ0) is 15.0. The number of hydrogen-bond donors (Lipinski definition) is 0. The van der Waals surface area contributed by atoms with Crippen LogP contribution in [-0.2, 0) is 5.88 Å². The third-order valence-corrected chi connectivity index (χ3v) is 5.54. The van der Waals surface area contributed by atoms with Crippen LogP contribution in [0, 0.1) is 11.6 Å². The minimum absolute atomic E-state index is 0.205. The lowest BCUT2D eigenvalue weighted by Gasteiger charge is -2.30. The Bertz CT molecular complexity index is 659. The molecule has 2 atom stereocenters. The Morgan fingerprint density at radius 2 is 2.19 bits per heavy atom. The first-order chi connectivity index (χ1) is 10.1. The van der Waals surface area contributed by atoms with Crippen molar-refractivity contribution in [1.82, 2.24) is 9.55 Å². The van der Waals surface area contributed by atoms with Gasteiger partial charge in [0.15, 0.2) is 5.82 Å². The van der Waals surface area contributed by atoms with Crippen molar-refractivity contribution >= 4 is 34.4 Å². The van der Waals surface area contributed by atoms with Gasteiger partial charge in [0.05, 0.1) is 11.4 Å². The van der Waals surface area contributed by atoms with Crippen LogP contribution in [0.3, 0.4) is 0 Å². The summed E-state index contributed by atoms with van der Waals surface area (Å²) in [4.78, 5) is 4.28. The molecule has 0 aliphatic heterocycles. The molecule has 1 saturated carbocycles. The van der Waals surface area contributed by atoms with Gasteiger partial charge in [0.1, 0.15) is 17.2 Å². The smallest absolute Gasteiger partial charge is 0.153 e. The number of imidazole rings is 1. The summed E-state index contributed by atoms with van der Waals surface area (Å²) in [6.07, 6.45) is 6.43. The maximum Gasteiger partial charge on any atom is 0.153 e. The van der Waals surface area contributed by atoms with Crippen LogP contribution in [0.2, 0.25) is 0 Å². The van der Waals surface area contributed by atoms with Gasteiger partial charge in [-0.25, -0.2) is 13.8 Å². The molecule has 2 aromatic rings. The summed E-state index contributed by atoms with van der Waals surface area (Å²) in [6.45, 7) is 0. The minimum atomic E-state index is -0.618. The average molecular weight is 331 g/mol. The van der Waals surface area contributed by atoms with Crippen molar-refractivity contribution < 1.29 is 8.78 Å². The highest BCUT2D eigenvalue weighted by Crippen LogP contribution is 2.37. The number of benzene rings is 1. The average Bonchev–Trinajstić information content (AvgIpc) is 2.86. The van der Waals surface area contributed by atoms with Crippen molar-refractivity contribution in [3.05, 3.63) is 29.6 Å². The van der Waals surface area contributed by atoms with E-state index in [0.717, 1.165) is 25.3 Å². The summed E-state index contributed by atoms with van der Waals surface area (Å²) < 4.78 is 29.5. The Labute approximate surface area is 131 Å². The fourth-order valence-electron chi connectivity index (χ4n) is 3.24. The second-order valence-corrected chi connectivity index (χ2v) is 6.87. The Kier molecular flexibility index (Phi) is 4.41. The topological polar surface area (TPSA) is 17.8 Å². The van der Waals surface area contributed by atoms with E-state index in [1.165, 1.54) is 12.5 Å². The zero-order valence-electron chi connectivity index (χ0n) is 11.8. The van der Waals surface area contributed by atoms with Gasteiger partial charge < -0.3 is 4.57 Å². The number of alkyl halides is 1. The van der Waals surface area contributed by atoms with Crippen molar-refractivity contribution in [3.8, 4) is 0 Å². The summed E-state index contributed by atoms with van der Waals surface area (Å²) in [5.41, 5.74) is 0.744. The lowest BCUT2D eigenvalue weighted by molar-refractivity contribution is 0.362. The van der Waals surface area contributed by atoms with Crippen LogP contribution < -0.4 is 0 Å². The van der Waals surface area contributed by atoms with Gasteiger partial charge in [0, 0.05) is 17.4 Å². The van der Waals surface area contributed by atoms with Gasteiger partial charge >= 0.3 is 0 Å². The zero-order valence-corrected chi connectivity index (χ0v) is 13.4. The molecule has 0 spiro atoms. The molecule has 6 heteroatoms. The highest BCUT2D eigenvalue weighted by atomic mass is 35.5. The van der Waals surface area contributed by atoms with Crippen molar-refractivity contribution in [2.45, 2.75) is 42.9 Å². The number of nitrogens with zero attached hydrogens (tertiary/aromatic N) is 2. The molecule has 21 heavy (non-hydrogen) atoms. The van der Waals surface area contributed by atoms with E-state index < -0.39 is 11.6 Å². The second kappa shape index (κ2) is 6.13. The summed E-state index contributed by atoms with van der Waals surface area (Å²) in [6, 6.07) is 2.46. The molecule has 2 nitrogen and oxygen atoms in total. The molecule has 1 aliphatic rings. The molecule has 0 bridgehead atoms. The molecule has 1 aromatic carbocycles. The standard InChI is InChI=1S/C15H17ClF2N2S/c1-21-11-4-2-3-10(7-11)20-13-6-9(17)5-12(18)15(13)19-14(20)8-16/h5-6,10-11H,2-4,7-8H2,1H3. The molecular weight excluding hydrogens is 314 g/mol. The van der Waals surface area contributed by atoms with Crippen LogP contribution in [0.15, 0.2) is 12.1 Å². The van der Waals surface area contributed by atoms with E-state index in [4.69, 9.17) is 11.6 Å². The van der Waals surface area contributed by atoms with Crippen LogP contribution >= 0.6 is 23.4 Å². The van der Waals surface area contributed by atoms with Gasteiger partial charge in [0.2, 0.25) is 0 Å². The molecule has 1 aliphatic carbocycles.